The lowest BCUT2D eigenvalue weighted by Crippen LogP contribution is -2.13. The number of rotatable bonds is 5. The third-order valence-electron chi connectivity index (χ3n) is 3.32. The molecule has 3 unspecified atom stereocenters. The van der Waals surface area contributed by atoms with Crippen molar-refractivity contribution in [2.75, 3.05) is 0 Å². The van der Waals surface area contributed by atoms with E-state index >= 15 is 0 Å². The van der Waals surface area contributed by atoms with Gasteiger partial charge in [0.25, 0.3) is 0 Å². The van der Waals surface area contributed by atoms with Crippen LogP contribution in [-0.4, -0.2) is 16.6 Å². The van der Waals surface area contributed by atoms with Gasteiger partial charge in [0.15, 0.2) is 0 Å². The van der Waals surface area contributed by atoms with E-state index in [0.717, 1.165) is 5.92 Å². The Balaban J connectivity index is 1.73. The van der Waals surface area contributed by atoms with Crippen molar-refractivity contribution in [3.63, 3.8) is 0 Å². The van der Waals surface area contributed by atoms with Gasteiger partial charge in [0.05, 0.1) is 12.4 Å². The maximum absolute atomic E-state index is 4.48. The van der Waals surface area contributed by atoms with Gasteiger partial charge in [-0.1, -0.05) is 19.1 Å². The first-order chi connectivity index (χ1) is 9.25. The lowest BCUT2D eigenvalue weighted by molar-refractivity contribution is 0.590. The van der Waals surface area contributed by atoms with Gasteiger partial charge in [0.2, 0.25) is 0 Å². The van der Waals surface area contributed by atoms with Crippen molar-refractivity contribution in [3.05, 3.63) is 42.2 Å². The number of allylic oxidation sites excluding steroid dienone is 1. The Labute approximate surface area is 119 Å². The summed E-state index contributed by atoms with van der Waals surface area (Å²) in [6.07, 6.45) is 12.5. The van der Waals surface area contributed by atoms with Crippen LogP contribution in [0.4, 0.5) is 0 Å². The molecule has 4 heteroatoms. The van der Waals surface area contributed by atoms with E-state index in [1.807, 2.05) is 18.5 Å². The molecule has 3 atom stereocenters. The summed E-state index contributed by atoms with van der Waals surface area (Å²) in [4.78, 5) is 8.50. The van der Waals surface area contributed by atoms with Crippen LogP contribution >= 0.6 is 11.9 Å². The summed E-state index contributed by atoms with van der Waals surface area (Å²) in [6, 6.07) is 4.17. The molecule has 2 rings (SSSR count). The first kappa shape index (κ1) is 14.1. The van der Waals surface area contributed by atoms with Crippen molar-refractivity contribution in [1.82, 2.24) is 9.71 Å². The minimum atomic E-state index is 0.165. The average Bonchev–Trinajstić information content (AvgIpc) is 2.46. The fourth-order valence-corrected chi connectivity index (χ4v) is 2.74. The number of pyridine rings is 1. The van der Waals surface area contributed by atoms with E-state index in [2.05, 4.69) is 40.7 Å². The molecule has 3 nitrogen and oxygen atoms in total. The van der Waals surface area contributed by atoms with E-state index in [0.29, 0.717) is 5.25 Å². The van der Waals surface area contributed by atoms with Gasteiger partial charge in [-0.15, -0.1) is 0 Å². The number of hydrogen-bond donors (Lipinski definition) is 1. The molecule has 0 fully saturated rings. The van der Waals surface area contributed by atoms with Crippen LogP contribution in [0.2, 0.25) is 0 Å². The molecule has 0 spiro atoms. The van der Waals surface area contributed by atoms with E-state index < -0.39 is 0 Å². The Morgan fingerprint density at radius 3 is 2.84 bits per heavy atom. The molecule has 0 aromatic carbocycles. The van der Waals surface area contributed by atoms with Crippen LogP contribution < -0.4 is 4.72 Å². The largest absolute Gasteiger partial charge is 0.320 e. The van der Waals surface area contributed by atoms with Crippen molar-refractivity contribution in [3.8, 4) is 0 Å². The molecule has 0 aliphatic heterocycles. The lowest BCUT2D eigenvalue weighted by atomic mass is 9.98. The van der Waals surface area contributed by atoms with Gasteiger partial charge in [-0.2, -0.15) is 0 Å². The van der Waals surface area contributed by atoms with Crippen molar-refractivity contribution >= 4 is 18.3 Å². The fraction of sp³-hybridized carbons (Fsp3) is 0.467. The van der Waals surface area contributed by atoms with Gasteiger partial charge in [-0.05, 0) is 55.3 Å². The topological polar surface area (TPSA) is 37.3 Å². The van der Waals surface area contributed by atoms with Gasteiger partial charge in [0.1, 0.15) is 0 Å². The van der Waals surface area contributed by atoms with E-state index in [1.165, 1.54) is 18.4 Å². The quantitative estimate of drug-likeness (QED) is 0.385. The highest BCUT2D eigenvalue weighted by molar-refractivity contribution is 7.98. The Bertz CT molecular complexity index is 430. The second-order valence-corrected chi connectivity index (χ2v) is 6.03. The lowest BCUT2D eigenvalue weighted by Gasteiger charge is -2.19. The SMILES string of the molecule is CC1C=CC(SNC=NC(C)c2ccncc2)CC1. The van der Waals surface area contributed by atoms with Crippen molar-refractivity contribution in [2.45, 2.75) is 38.0 Å². The summed E-state index contributed by atoms with van der Waals surface area (Å²) in [7, 11) is 0. The van der Waals surface area contributed by atoms with Crippen molar-refractivity contribution in [1.29, 1.82) is 0 Å². The van der Waals surface area contributed by atoms with Crippen LogP contribution in [0.1, 0.15) is 38.3 Å². The molecule has 0 saturated carbocycles. The molecule has 0 amide bonds. The molecule has 19 heavy (non-hydrogen) atoms. The van der Waals surface area contributed by atoms with Gasteiger partial charge in [0, 0.05) is 17.6 Å². The van der Waals surface area contributed by atoms with Crippen LogP contribution in [0.3, 0.4) is 0 Å². The van der Waals surface area contributed by atoms with Crippen LogP contribution in [-0.2, 0) is 0 Å². The minimum absolute atomic E-state index is 0.165. The normalized spacial score (nSPS) is 24.5. The molecule has 0 saturated heterocycles. The van der Waals surface area contributed by atoms with E-state index in [1.54, 1.807) is 24.3 Å². The summed E-state index contributed by atoms with van der Waals surface area (Å²) in [5.41, 5.74) is 1.18. The third-order valence-corrected chi connectivity index (χ3v) is 4.26. The van der Waals surface area contributed by atoms with Gasteiger partial charge < -0.3 is 4.72 Å². The molecule has 1 aromatic rings. The third kappa shape index (κ3) is 4.71. The maximum atomic E-state index is 4.48. The number of nitrogens with zero attached hydrogens (tertiary/aromatic N) is 2. The second kappa shape index (κ2) is 7.34. The maximum Gasteiger partial charge on any atom is 0.0930 e. The molecule has 1 aromatic heterocycles. The zero-order valence-corrected chi connectivity index (χ0v) is 12.3. The summed E-state index contributed by atoms with van der Waals surface area (Å²) in [5, 5.41) is 0.568. The average molecular weight is 275 g/mol. The molecular weight excluding hydrogens is 254 g/mol. The molecule has 1 heterocycles. The second-order valence-electron chi connectivity index (χ2n) is 4.95. The summed E-state index contributed by atoms with van der Waals surface area (Å²) < 4.78 is 3.23. The predicted molar refractivity (Wildman–Crippen MR) is 83.2 cm³/mol. The molecule has 1 aliphatic carbocycles. The van der Waals surface area contributed by atoms with Gasteiger partial charge in [-0.25, -0.2) is 0 Å². The van der Waals surface area contributed by atoms with Crippen LogP contribution in [0.5, 0.6) is 0 Å². The minimum Gasteiger partial charge on any atom is -0.320 e. The van der Waals surface area contributed by atoms with Gasteiger partial charge >= 0.3 is 0 Å². The molecule has 0 bridgehead atoms. The molecule has 0 radical (unpaired) electrons. The van der Waals surface area contributed by atoms with Crippen LogP contribution in [0.25, 0.3) is 0 Å². The smallest absolute Gasteiger partial charge is 0.0930 e. The molecular formula is C15H21N3S. The number of hydrogen-bond acceptors (Lipinski definition) is 3. The summed E-state index contributed by atoms with van der Waals surface area (Å²) >= 11 is 1.74. The van der Waals surface area contributed by atoms with E-state index in [-0.39, 0.29) is 6.04 Å². The van der Waals surface area contributed by atoms with Crippen LogP contribution in [0.15, 0.2) is 41.7 Å². The molecule has 1 aliphatic rings. The zero-order chi connectivity index (χ0) is 13.5. The predicted octanol–water partition coefficient (Wildman–Crippen LogP) is 3.76. The monoisotopic (exact) mass is 275 g/mol. The first-order valence-electron chi connectivity index (χ1n) is 6.77. The molecule has 1 N–H and O–H groups in total. The van der Waals surface area contributed by atoms with Crippen molar-refractivity contribution in [2.24, 2.45) is 10.9 Å². The van der Waals surface area contributed by atoms with E-state index in [9.17, 15) is 0 Å². The Hall–Kier alpha value is -1.29. The highest BCUT2D eigenvalue weighted by Crippen LogP contribution is 2.24. The highest BCUT2D eigenvalue weighted by Gasteiger charge is 2.12. The Morgan fingerprint density at radius 2 is 2.16 bits per heavy atom. The van der Waals surface area contributed by atoms with Crippen LogP contribution in [0, 0.1) is 5.92 Å². The standard InChI is InChI=1S/C15H21N3S/c1-12-3-5-15(6-4-12)19-18-11-17-13(2)14-7-9-16-10-8-14/h3,5,7-13,15H,4,6H2,1-2H3,(H,17,18). The Kier molecular flexibility index (Phi) is 5.45. The summed E-state index contributed by atoms with van der Waals surface area (Å²) in [5.74, 6) is 0.734. The number of nitrogens with one attached hydrogen (secondary N) is 1. The van der Waals surface area contributed by atoms with Gasteiger partial charge in [-0.3, -0.25) is 9.98 Å². The molecule has 102 valence electrons. The Morgan fingerprint density at radius 1 is 1.37 bits per heavy atom. The zero-order valence-electron chi connectivity index (χ0n) is 11.5. The first-order valence-corrected chi connectivity index (χ1v) is 7.64. The highest BCUT2D eigenvalue weighted by atomic mass is 32.2. The number of aromatic nitrogens is 1. The fourth-order valence-electron chi connectivity index (χ4n) is 2.02. The van der Waals surface area contributed by atoms with E-state index in [4.69, 9.17) is 0 Å². The van der Waals surface area contributed by atoms with Crippen molar-refractivity contribution < 1.29 is 0 Å². The summed E-state index contributed by atoms with van der Waals surface area (Å²) in [6.45, 7) is 4.35. The number of aliphatic imine (C=N–C) groups is 1.